The van der Waals surface area contributed by atoms with Gasteiger partial charge in [-0.3, -0.25) is 4.98 Å². The Kier molecular flexibility index (Phi) is 14.8. The Morgan fingerprint density at radius 1 is 1.35 bits per heavy atom. The summed E-state index contributed by atoms with van der Waals surface area (Å²) in [6, 6.07) is 2.91. The molecule has 0 aliphatic heterocycles. The van der Waals surface area contributed by atoms with Gasteiger partial charge in [0.1, 0.15) is 5.75 Å². The number of carbonyl (C=O) groups is 1. The van der Waals surface area contributed by atoms with E-state index in [1.165, 1.54) is 12.3 Å². The predicted octanol–water partition coefficient (Wildman–Crippen LogP) is 0.0813. The molecule has 0 aliphatic rings. The van der Waals surface area contributed by atoms with Gasteiger partial charge in [-0.1, -0.05) is 0 Å². The number of alkyl halides is 1. The molecule has 0 saturated heterocycles. The molecule has 0 saturated carbocycles. The second-order valence-electron chi connectivity index (χ2n) is 2.91. The summed E-state index contributed by atoms with van der Waals surface area (Å²) in [5.41, 5.74) is -0.0943. The van der Waals surface area contributed by atoms with Gasteiger partial charge in [0.05, 0.1) is 24.5 Å². The molecule has 0 aliphatic carbocycles. The zero-order valence-electron chi connectivity index (χ0n) is 9.52. The van der Waals surface area contributed by atoms with Crippen LogP contribution < -0.4 is 9.84 Å². The summed E-state index contributed by atoms with van der Waals surface area (Å²) in [5, 5.41) is 10.4. The quantitative estimate of drug-likeness (QED) is 0.424. The van der Waals surface area contributed by atoms with Crippen molar-refractivity contribution in [1.82, 2.24) is 4.98 Å². The molecule has 0 N–H and O–H groups in total. The zero-order chi connectivity index (χ0) is 11.1. The number of unbranched alkanes of at least 4 members (excludes halogenated alkanes) is 1. The van der Waals surface area contributed by atoms with Crippen LogP contribution in [0, 0.1) is 0 Å². The standard InChI is InChI=1S/C10H12ClNO3.2Ca/c11-5-1-2-6-15-8-3-4-9(10(13)14)12-7-8;;/h3-4,7H,1-2,5-6H2,(H,13,14);;/p-1. The van der Waals surface area contributed by atoms with Gasteiger partial charge in [-0.25, -0.2) is 0 Å². The van der Waals surface area contributed by atoms with E-state index in [2.05, 4.69) is 4.98 Å². The third kappa shape index (κ3) is 8.87. The van der Waals surface area contributed by atoms with Crippen molar-refractivity contribution < 1.29 is 14.6 Å². The minimum Gasteiger partial charge on any atom is -0.543 e. The Hall–Kier alpha value is 1.23. The summed E-state index contributed by atoms with van der Waals surface area (Å²) in [6.07, 6.45) is 3.13. The summed E-state index contributed by atoms with van der Waals surface area (Å²) < 4.78 is 5.31. The first kappa shape index (κ1) is 20.5. The van der Waals surface area contributed by atoms with E-state index in [1.807, 2.05) is 0 Å². The number of pyridine rings is 1. The fourth-order valence-electron chi connectivity index (χ4n) is 0.973. The van der Waals surface area contributed by atoms with Gasteiger partial charge in [-0.05, 0) is 25.0 Å². The molecule has 4 nitrogen and oxygen atoms in total. The number of hydrogen-bond acceptors (Lipinski definition) is 4. The van der Waals surface area contributed by atoms with Crippen molar-refractivity contribution in [1.29, 1.82) is 0 Å². The average molecular weight is 309 g/mol. The van der Waals surface area contributed by atoms with Gasteiger partial charge in [0.15, 0.2) is 0 Å². The molecule has 17 heavy (non-hydrogen) atoms. The summed E-state index contributed by atoms with van der Waals surface area (Å²) in [5.74, 6) is -0.121. The third-order valence-corrected chi connectivity index (χ3v) is 2.01. The van der Waals surface area contributed by atoms with Crippen LogP contribution in [0.15, 0.2) is 18.3 Å². The molecule has 1 aromatic heterocycles. The Morgan fingerprint density at radius 3 is 2.53 bits per heavy atom. The Labute approximate surface area is 165 Å². The molecule has 0 spiro atoms. The summed E-state index contributed by atoms with van der Waals surface area (Å²) >= 11 is 5.50. The van der Waals surface area contributed by atoms with Crippen LogP contribution in [0.1, 0.15) is 23.3 Å². The van der Waals surface area contributed by atoms with Crippen LogP contribution in [0.5, 0.6) is 5.75 Å². The molecule has 0 amide bonds. The average Bonchev–Trinajstić information content (AvgIpc) is 2.25. The zero-order valence-corrected chi connectivity index (χ0v) is 14.7. The molecule has 86 valence electrons. The van der Waals surface area contributed by atoms with Gasteiger partial charge in [0.25, 0.3) is 0 Å². The van der Waals surface area contributed by atoms with E-state index >= 15 is 0 Å². The topological polar surface area (TPSA) is 62.2 Å². The fraction of sp³-hybridized carbons (Fsp3) is 0.400. The van der Waals surface area contributed by atoms with E-state index in [0.29, 0.717) is 18.2 Å². The molecule has 4 radical (unpaired) electrons. The van der Waals surface area contributed by atoms with E-state index in [9.17, 15) is 9.90 Å². The Morgan fingerprint density at radius 2 is 2.06 bits per heavy atom. The maximum absolute atomic E-state index is 10.4. The number of carboxylic acid groups (broad SMARTS) is 1. The monoisotopic (exact) mass is 308 g/mol. The first-order valence-corrected chi connectivity index (χ1v) is 5.13. The van der Waals surface area contributed by atoms with E-state index in [0.717, 1.165) is 12.8 Å². The predicted molar refractivity (Wildman–Crippen MR) is 65.5 cm³/mol. The molecule has 0 unspecified atom stereocenters. The van der Waals surface area contributed by atoms with Crippen molar-refractivity contribution in [2.45, 2.75) is 12.8 Å². The Balaban J connectivity index is 0. The van der Waals surface area contributed by atoms with Crippen molar-refractivity contribution in [3.63, 3.8) is 0 Å². The van der Waals surface area contributed by atoms with Crippen LogP contribution in [0.25, 0.3) is 0 Å². The van der Waals surface area contributed by atoms with Crippen molar-refractivity contribution in [2.24, 2.45) is 0 Å². The fourth-order valence-corrected chi connectivity index (χ4v) is 1.16. The second-order valence-corrected chi connectivity index (χ2v) is 3.29. The molecule has 0 fully saturated rings. The molecule has 1 aromatic rings. The van der Waals surface area contributed by atoms with Gasteiger partial charge in [0, 0.05) is 81.4 Å². The van der Waals surface area contributed by atoms with E-state index in [4.69, 9.17) is 16.3 Å². The largest absolute Gasteiger partial charge is 0.543 e. The summed E-state index contributed by atoms with van der Waals surface area (Å²) in [6.45, 7) is 0.555. The van der Waals surface area contributed by atoms with Gasteiger partial charge in [0.2, 0.25) is 0 Å². The van der Waals surface area contributed by atoms with E-state index in [-0.39, 0.29) is 81.2 Å². The van der Waals surface area contributed by atoms with Crippen LogP contribution in [0.2, 0.25) is 0 Å². The van der Waals surface area contributed by atoms with Gasteiger partial charge >= 0.3 is 0 Å². The number of ether oxygens (including phenoxy) is 1. The SMILES string of the molecule is O=C([O-])c1ccc(OCCCCCl)cn1.[Ca].[Ca]. The normalized spacial score (nSPS) is 8.76. The maximum Gasteiger partial charge on any atom is 0.137 e. The molecule has 0 aromatic carbocycles. The number of halogens is 1. The van der Waals surface area contributed by atoms with Crippen molar-refractivity contribution in [3.05, 3.63) is 24.0 Å². The van der Waals surface area contributed by atoms with Crippen LogP contribution in [-0.2, 0) is 0 Å². The number of carboxylic acids is 1. The van der Waals surface area contributed by atoms with Crippen LogP contribution in [-0.4, -0.2) is 98.9 Å². The molecule has 0 bridgehead atoms. The first-order chi connectivity index (χ1) is 7.24. The molecular formula is C10H11Ca2ClNO3-. The van der Waals surface area contributed by atoms with Gasteiger partial charge in [-0.15, -0.1) is 11.6 Å². The second kappa shape index (κ2) is 12.3. The number of rotatable bonds is 6. The van der Waals surface area contributed by atoms with Crippen molar-refractivity contribution in [3.8, 4) is 5.75 Å². The number of aromatic carboxylic acids is 1. The molecular weight excluding hydrogens is 298 g/mol. The van der Waals surface area contributed by atoms with Crippen LogP contribution >= 0.6 is 11.6 Å². The minimum atomic E-state index is -1.29. The van der Waals surface area contributed by atoms with Crippen LogP contribution in [0.3, 0.4) is 0 Å². The smallest absolute Gasteiger partial charge is 0.137 e. The number of aromatic nitrogens is 1. The molecule has 7 heteroatoms. The van der Waals surface area contributed by atoms with E-state index in [1.54, 1.807) is 6.07 Å². The number of carbonyl (C=O) groups excluding carboxylic acids is 1. The van der Waals surface area contributed by atoms with Crippen molar-refractivity contribution >= 4 is 93.0 Å². The first-order valence-electron chi connectivity index (χ1n) is 4.60. The number of nitrogens with zero attached hydrogens (tertiary/aromatic N) is 1. The minimum absolute atomic E-state index is 0. The maximum atomic E-state index is 10.4. The summed E-state index contributed by atoms with van der Waals surface area (Å²) in [7, 11) is 0. The molecule has 1 rings (SSSR count). The van der Waals surface area contributed by atoms with Crippen molar-refractivity contribution in [2.75, 3.05) is 12.5 Å². The van der Waals surface area contributed by atoms with Crippen LogP contribution in [0.4, 0.5) is 0 Å². The molecule has 0 atom stereocenters. The number of hydrogen-bond donors (Lipinski definition) is 0. The summed E-state index contributed by atoms with van der Waals surface area (Å²) in [4.78, 5) is 14.0. The third-order valence-electron chi connectivity index (χ3n) is 1.74. The van der Waals surface area contributed by atoms with E-state index < -0.39 is 5.97 Å². The van der Waals surface area contributed by atoms with Gasteiger partial charge in [-0.2, -0.15) is 0 Å². The Bertz CT molecular complexity index is 322. The van der Waals surface area contributed by atoms with Gasteiger partial charge < -0.3 is 14.6 Å². The molecule has 1 heterocycles.